The van der Waals surface area contributed by atoms with Crippen LogP contribution in [0.5, 0.6) is 0 Å². The minimum absolute atomic E-state index is 0.0360. The van der Waals surface area contributed by atoms with Gasteiger partial charge in [0, 0.05) is 0 Å². The highest BCUT2D eigenvalue weighted by molar-refractivity contribution is 5.93. The number of rotatable bonds is 6. The summed E-state index contributed by atoms with van der Waals surface area (Å²) in [5, 5.41) is 9.34. The maximum absolute atomic E-state index is 13.1. The van der Waals surface area contributed by atoms with Gasteiger partial charge in [0.05, 0.1) is 6.61 Å². The van der Waals surface area contributed by atoms with Crippen LogP contribution in [-0.2, 0) is 20.9 Å². The highest BCUT2D eigenvalue weighted by Crippen LogP contribution is 2.12. The number of hydrogen-bond donors (Lipinski definition) is 2. The Morgan fingerprint density at radius 2 is 1.88 bits per heavy atom. The van der Waals surface area contributed by atoms with E-state index in [1.165, 1.54) is 0 Å². The van der Waals surface area contributed by atoms with Crippen LogP contribution in [0.2, 0.25) is 0 Å². The Balaban J connectivity index is 2.65. The van der Waals surface area contributed by atoms with Crippen molar-refractivity contribution in [2.24, 2.45) is 5.73 Å². The van der Waals surface area contributed by atoms with Crippen molar-refractivity contribution in [3.05, 3.63) is 35.9 Å². The molecule has 0 aliphatic heterocycles. The van der Waals surface area contributed by atoms with Gasteiger partial charge in [-0.2, -0.15) is 0 Å². The lowest BCUT2D eigenvalue weighted by atomic mass is 10.1. The average Bonchev–Trinajstić information content (AvgIpc) is 2.53. The van der Waals surface area contributed by atoms with E-state index in [0.717, 1.165) is 5.56 Å². The Labute approximate surface area is 140 Å². The third-order valence-corrected chi connectivity index (χ3v) is 2.92. The van der Waals surface area contributed by atoms with Gasteiger partial charge in [0.2, 0.25) is 0 Å². The molecular formula is C16H23FN2O5. The Morgan fingerprint density at radius 3 is 2.38 bits per heavy atom. The number of amides is 2. The number of carbonyl (C=O) groups is 2. The minimum atomic E-state index is -1.56. The van der Waals surface area contributed by atoms with Crippen LogP contribution in [0.25, 0.3) is 0 Å². The Hall–Kier alpha value is -2.03. The molecule has 0 saturated heterocycles. The van der Waals surface area contributed by atoms with Crippen LogP contribution in [0.15, 0.2) is 30.3 Å². The van der Waals surface area contributed by atoms with E-state index in [9.17, 15) is 19.2 Å². The molecule has 1 aromatic rings. The largest absolute Gasteiger partial charge is 0.442 e. The number of halogens is 1. The number of benzene rings is 1. The first-order valence-electron chi connectivity index (χ1n) is 7.38. The van der Waals surface area contributed by atoms with Crippen molar-refractivity contribution in [2.75, 3.05) is 6.67 Å². The molecule has 0 unspecified atom stereocenters. The summed E-state index contributed by atoms with van der Waals surface area (Å²) in [4.78, 5) is 23.6. The van der Waals surface area contributed by atoms with Crippen molar-refractivity contribution in [3.63, 3.8) is 0 Å². The maximum atomic E-state index is 13.1. The average molecular weight is 342 g/mol. The summed E-state index contributed by atoms with van der Waals surface area (Å²) in [5.74, 6) is -1.21. The highest BCUT2D eigenvalue weighted by Gasteiger charge is 2.34. The fraction of sp³-hybridized carbons (Fsp3) is 0.500. The quantitative estimate of drug-likeness (QED) is 0.606. The summed E-state index contributed by atoms with van der Waals surface area (Å²) in [6.45, 7) is 3.68. The van der Waals surface area contributed by atoms with Crippen molar-refractivity contribution in [3.8, 4) is 0 Å². The molecule has 0 fully saturated rings. The van der Waals surface area contributed by atoms with Crippen molar-refractivity contribution < 1.29 is 28.7 Å². The first kappa shape index (κ1) is 20.0. The fourth-order valence-corrected chi connectivity index (χ4v) is 1.72. The van der Waals surface area contributed by atoms with Gasteiger partial charge in [-0.1, -0.05) is 30.3 Å². The summed E-state index contributed by atoms with van der Waals surface area (Å²) in [5.41, 5.74) is 5.47. The number of carbonyl (C=O) groups excluding carboxylic acids is 2. The molecule has 7 nitrogen and oxygen atoms in total. The molecule has 0 spiro atoms. The van der Waals surface area contributed by atoms with Crippen LogP contribution >= 0.6 is 0 Å². The fourth-order valence-electron chi connectivity index (χ4n) is 1.72. The number of hydroxylamine groups is 2. The molecule has 0 heterocycles. The van der Waals surface area contributed by atoms with E-state index in [1.807, 2.05) is 6.07 Å². The van der Waals surface area contributed by atoms with Crippen molar-refractivity contribution in [1.82, 2.24) is 5.06 Å². The molecule has 2 atom stereocenters. The zero-order valence-corrected chi connectivity index (χ0v) is 13.9. The van der Waals surface area contributed by atoms with Crippen LogP contribution in [0.1, 0.15) is 26.3 Å². The lowest BCUT2D eigenvalue weighted by Crippen LogP contribution is -2.53. The summed E-state index contributed by atoms with van der Waals surface area (Å²) < 4.78 is 23.3. The van der Waals surface area contributed by atoms with E-state index in [-0.39, 0.29) is 11.7 Å². The van der Waals surface area contributed by atoms with Crippen molar-refractivity contribution >= 4 is 12.0 Å². The molecule has 2 amide bonds. The SMILES string of the molecule is CC(C)(C)OC(=O)N(O)C(=O)[C@@H](N)[C@@H](CF)OCc1ccccc1. The van der Waals surface area contributed by atoms with Crippen LogP contribution < -0.4 is 5.73 Å². The minimum Gasteiger partial charge on any atom is -0.442 e. The topological polar surface area (TPSA) is 102 Å². The molecule has 0 aromatic heterocycles. The predicted octanol–water partition coefficient (Wildman–Crippen LogP) is 2.02. The first-order valence-corrected chi connectivity index (χ1v) is 7.38. The van der Waals surface area contributed by atoms with Gasteiger partial charge in [-0.3, -0.25) is 10.0 Å². The second kappa shape index (κ2) is 8.72. The Bertz CT molecular complexity index is 547. The number of nitrogens with zero attached hydrogens (tertiary/aromatic N) is 1. The number of alkyl halides is 1. The zero-order chi connectivity index (χ0) is 18.3. The second-order valence-corrected chi connectivity index (χ2v) is 6.15. The van der Waals surface area contributed by atoms with E-state index in [0.29, 0.717) is 0 Å². The predicted molar refractivity (Wildman–Crippen MR) is 83.8 cm³/mol. The molecule has 3 N–H and O–H groups in total. The standard InChI is InChI=1S/C16H23FN2O5/c1-16(2,3)24-15(21)19(22)14(20)13(18)12(9-17)23-10-11-7-5-4-6-8-11/h4-8,12-13,22H,9-10,18H2,1-3H3/t12-,13+/m1/s1. The lowest BCUT2D eigenvalue weighted by Gasteiger charge is -2.26. The number of ether oxygens (including phenoxy) is 2. The molecular weight excluding hydrogens is 319 g/mol. The molecule has 1 rings (SSSR count). The molecule has 24 heavy (non-hydrogen) atoms. The molecule has 0 aliphatic rings. The van der Waals surface area contributed by atoms with Gasteiger partial charge in [-0.05, 0) is 26.3 Å². The monoisotopic (exact) mass is 342 g/mol. The number of imide groups is 1. The smallest absolute Gasteiger partial charge is 0.441 e. The Kier molecular flexibility index (Phi) is 7.27. The molecule has 0 aliphatic carbocycles. The summed E-state index contributed by atoms with van der Waals surface area (Å²) in [7, 11) is 0. The Morgan fingerprint density at radius 1 is 1.29 bits per heavy atom. The van der Waals surface area contributed by atoms with Crippen LogP contribution in [0.4, 0.5) is 9.18 Å². The summed E-state index contributed by atoms with van der Waals surface area (Å²) in [6.07, 6.45) is -2.60. The van der Waals surface area contributed by atoms with Gasteiger partial charge >= 0.3 is 6.09 Å². The molecule has 8 heteroatoms. The van der Waals surface area contributed by atoms with Crippen LogP contribution in [0, 0.1) is 0 Å². The normalized spacial score (nSPS) is 13.9. The lowest BCUT2D eigenvalue weighted by molar-refractivity contribution is -0.165. The maximum Gasteiger partial charge on any atom is 0.441 e. The van der Waals surface area contributed by atoms with Crippen molar-refractivity contribution in [2.45, 2.75) is 45.1 Å². The van der Waals surface area contributed by atoms with E-state index >= 15 is 0 Å². The van der Waals surface area contributed by atoms with Gasteiger partial charge in [-0.15, -0.1) is 5.06 Å². The van der Waals surface area contributed by atoms with Gasteiger partial charge in [0.15, 0.2) is 0 Å². The van der Waals surface area contributed by atoms with Crippen LogP contribution in [-0.4, -0.2) is 46.7 Å². The van der Waals surface area contributed by atoms with Gasteiger partial charge < -0.3 is 15.2 Å². The van der Waals surface area contributed by atoms with E-state index in [2.05, 4.69) is 0 Å². The highest BCUT2D eigenvalue weighted by atomic mass is 19.1. The molecule has 1 aromatic carbocycles. The number of hydrogen-bond acceptors (Lipinski definition) is 6. The van der Waals surface area contributed by atoms with Gasteiger partial charge in [0.25, 0.3) is 5.91 Å². The third-order valence-electron chi connectivity index (χ3n) is 2.92. The van der Waals surface area contributed by atoms with E-state index in [4.69, 9.17) is 15.2 Å². The van der Waals surface area contributed by atoms with Crippen molar-refractivity contribution in [1.29, 1.82) is 0 Å². The van der Waals surface area contributed by atoms with Gasteiger partial charge in [0.1, 0.15) is 24.4 Å². The zero-order valence-electron chi connectivity index (χ0n) is 13.9. The van der Waals surface area contributed by atoms with E-state index in [1.54, 1.807) is 45.0 Å². The van der Waals surface area contributed by atoms with Gasteiger partial charge in [-0.25, -0.2) is 9.18 Å². The molecule has 134 valence electrons. The first-order chi connectivity index (χ1) is 11.2. The molecule has 0 bridgehead atoms. The number of nitrogens with two attached hydrogens (primary N) is 1. The summed E-state index contributed by atoms with van der Waals surface area (Å²) in [6, 6.07) is 7.36. The second-order valence-electron chi connectivity index (χ2n) is 6.15. The molecule has 0 saturated carbocycles. The molecule has 0 radical (unpaired) electrons. The van der Waals surface area contributed by atoms with Crippen LogP contribution in [0.3, 0.4) is 0 Å². The summed E-state index contributed by atoms with van der Waals surface area (Å²) >= 11 is 0. The van der Waals surface area contributed by atoms with E-state index < -0.39 is 36.4 Å². The third kappa shape index (κ3) is 6.23.